The standard InChI is InChI=1S/C18H16BrNO4S/c1-25(22,23)14-6-4-11(5-7-14)15-10-24-18(21)17(15)12-2-3-13(9-20)16(19)8-12/h2-8H,9-10,20H2,1H3. The number of sulfone groups is 1. The van der Waals surface area contributed by atoms with Crippen molar-refractivity contribution < 1.29 is 17.9 Å². The first-order valence-electron chi connectivity index (χ1n) is 7.51. The van der Waals surface area contributed by atoms with E-state index in [9.17, 15) is 13.2 Å². The zero-order valence-electron chi connectivity index (χ0n) is 13.5. The topological polar surface area (TPSA) is 86.5 Å². The molecule has 2 aromatic carbocycles. The molecule has 130 valence electrons. The molecule has 3 rings (SSSR count). The molecule has 0 amide bonds. The normalized spacial score (nSPS) is 14.8. The predicted molar refractivity (Wildman–Crippen MR) is 99.4 cm³/mol. The Bertz CT molecular complexity index is 979. The number of halogens is 1. The summed E-state index contributed by atoms with van der Waals surface area (Å²) < 4.78 is 29.2. The van der Waals surface area contributed by atoms with Gasteiger partial charge in [-0.05, 0) is 34.9 Å². The van der Waals surface area contributed by atoms with Crippen molar-refractivity contribution >= 4 is 42.9 Å². The SMILES string of the molecule is CS(=O)(=O)c1ccc(C2=C(c3ccc(CN)c(Br)c3)C(=O)OC2)cc1. The molecule has 0 saturated carbocycles. The summed E-state index contributed by atoms with van der Waals surface area (Å²) in [4.78, 5) is 12.5. The molecule has 7 heteroatoms. The number of hydrogen-bond acceptors (Lipinski definition) is 5. The summed E-state index contributed by atoms with van der Waals surface area (Å²) in [7, 11) is -3.27. The highest BCUT2D eigenvalue weighted by Crippen LogP contribution is 2.34. The highest BCUT2D eigenvalue weighted by Gasteiger charge is 2.27. The van der Waals surface area contributed by atoms with Crippen molar-refractivity contribution in [1.29, 1.82) is 0 Å². The van der Waals surface area contributed by atoms with Crippen LogP contribution in [0.5, 0.6) is 0 Å². The second-order valence-electron chi connectivity index (χ2n) is 5.74. The fraction of sp³-hybridized carbons (Fsp3) is 0.167. The summed E-state index contributed by atoms with van der Waals surface area (Å²) in [6.45, 7) is 0.548. The summed E-state index contributed by atoms with van der Waals surface area (Å²) in [6, 6.07) is 12.0. The molecule has 0 atom stereocenters. The molecule has 0 saturated heterocycles. The van der Waals surface area contributed by atoms with Gasteiger partial charge in [0.15, 0.2) is 9.84 Å². The van der Waals surface area contributed by atoms with Crippen LogP contribution in [-0.2, 0) is 25.9 Å². The number of rotatable bonds is 4. The van der Waals surface area contributed by atoms with Gasteiger partial charge in [0.25, 0.3) is 0 Å². The Hall–Kier alpha value is -1.96. The number of carbonyl (C=O) groups is 1. The molecule has 0 unspecified atom stereocenters. The van der Waals surface area contributed by atoms with Crippen LogP contribution >= 0.6 is 15.9 Å². The van der Waals surface area contributed by atoms with Crippen molar-refractivity contribution in [2.24, 2.45) is 5.73 Å². The largest absolute Gasteiger partial charge is 0.457 e. The van der Waals surface area contributed by atoms with Gasteiger partial charge in [-0.3, -0.25) is 0 Å². The van der Waals surface area contributed by atoms with E-state index in [1.54, 1.807) is 12.1 Å². The van der Waals surface area contributed by atoms with E-state index in [2.05, 4.69) is 15.9 Å². The first kappa shape index (κ1) is 17.8. The lowest BCUT2D eigenvalue weighted by Crippen LogP contribution is -2.01. The number of hydrogen-bond donors (Lipinski definition) is 1. The fourth-order valence-corrected chi connectivity index (χ4v) is 3.87. The minimum atomic E-state index is -3.27. The molecule has 2 N–H and O–H groups in total. The van der Waals surface area contributed by atoms with Gasteiger partial charge in [-0.15, -0.1) is 0 Å². The lowest BCUT2D eigenvalue weighted by Gasteiger charge is -2.08. The fourth-order valence-electron chi connectivity index (χ4n) is 2.70. The van der Waals surface area contributed by atoms with Crippen LogP contribution in [0.3, 0.4) is 0 Å². The Kier molecular flexibility index (Phi) is 4.81. The van der Waals surface area contributed by atoms with Crippen LogP contribution in [0.25, 0.3) is 11.1 Å². The quantitative estimate of drug-likeness (QED) is 0.766. The summed E-state index contributed by atoms with van der Waals surface area (Å²) in [5.41, 5.74) is 9.31. The van der Waals surface area contributed by atoms with Crippen molar-refractivity contribution in [3.63, 3.8) is 0 Å². The number of esters is 1. The van der Waals surface area contributed by atoms with Crippen molar-refractivity contribution in [3.05, 3.63) is 63.6 Å². The Morgan fingerprint density at radius 3 is 2.32 bits per heavy atom. The van der Waals surface area contributed by atoms with E-state index < -0.39 is 15.8 Å². The molecule has 1 aliphatic rings. The molecule has 0 aliphatic carbocycles. The van der Waals surface area contributed by atoms with Gasteiger partial charge in [0, 0.05) is 22.8 Å². The van der Waals surface area contributed by atoms with Gasteiger partial charge in [-0.25, -0.2) is 13.2 Å². The van der Waals surface area contributed by atoms with Crippen molar-refractivity contribution in [2.45, 2.75) is 11.4 Å². The first-order valence-corrected chi connectivity index (χ1v) is 10.2. The van der Waals surface area contributed by atoms with E-state index in [1.807, 2.05) is 18.2 Å². The van der Waals surface area contributed by atoms with Crippen LogP contribution in [-0.4, -0.2) is 27.2 Å². The Labute approximate surface area is 154 Å². The second kappa shape index (κ2) is 6.74. The zero-order chi connectivity index (χ0) is 18.2. The Morgan fingerprint density at radius 1 is 1.12 bits per heavy atom. The average Bonchev–Trinajstić information content (AvgIpc) is 2.95. The molecule has 1 heterocycles. The predicted octanol–water partition coefficient (Wildman–Crippen LogP) is 2.78. The maximum Gasteiger partial charge on any atom is 0.339 e. The lowest BCUT2D eigenvalue weighted by molar-refractivity contribution is -0.133. The third-order valence-corrected chi connectivity index (χ3v) is 5.91. The molecular weight excluding hydrogens is 406 g/mol. The highest BCUT2D eigenvalue weighted by atomic mass is 79.9. The number of cyclic esters (lactones) is 1. The van der Waals surface area contributed by atoms with E-state index in [0.29, 0.717) is 12.1 Å². The molecule has 5 nitrogen and oxygen atoms in total. The van der Waals surface area contributed by atoms with Crippen LogP contribution in [0.15, 0.2) is 51.8 Å². The molecule has 0 bridgehead atoms. The molecule has 0 spiro atoms. The number of ether oxygens (including phenoxy) is 1. The molecule has 25 heavy (non-hydrogen) atoms. The minimum absolute atomic E-state index is 0.155. The summed E-state index contributed by atoms with van der Waals surface area (Å²) in [5.74, 6) is -0.394. The molecular formula is C18H16BrNO4S. The second-order valence-corrected chi connectivity index (χ2v) is 8.61. The number of benzene rings is 2. The van der Waals surface area contributed by atoms with E-state index in [4.69, 9.17) is 10.5 Å². The Morgan fingerprint density at radius 2 is 1.76 bits per heavy atom. The van der Waals surface area contributed by atoms with Crippen LogP contribution < -0.4 is 5.73 Å². The van der Waals surface area contributed by atoms with Crippen LogP contribution in [0.4, 0.5) is 0 Å². The molecule has 2 aromatic rings. The average molecular weight is 422 g/mol. The summed E-state index contributed by atoms with van der Waals surface area (Å²) in [5, 5.41) is 0. The van der Waals surface area contributed by atoms with Gasteiger partial charge < -0.3 is 10.5 Å². The van der Waals surface area contributed by atoms with E-state index in [-0.39, 0.29) is 11.5 Å². The van der Waals surface area contributed by atoms with Gasteiger partial charge in [0.1, 0.15) is 6.61 Å². The van der Waals surface area contributed by atoms with Gasteiger partial charge in [0.2, 0.25) is 0 Å². The Balaban J connectivity index is 2.09. The van der Waals surface area contributed by atoms with Crippen LogP contribution in [0.2, 0.25) is 0 Å². The van der Waals surface area contributed by atoms with Crippen molar-refractivity contribution in [3.8, 4) is 0 Å². The van der Waals surface area contributed by atoms with E-state index in [0.717, 1.165) is 33.0 Å². The highest BCUT2D eigenvalue weighted by molar-refractivity contribution is 9.10. The van der Waals surface area contributed by atoms with E-state index in [1.165, 1.54) is 12.1 Å². The number of carbonyl (C=O) groups excluding carboxylic acids is 1. The third kappa shape index (κ3) is 3.53. The number of nitrogens with two attached hydrogens (primary N) is 1. The zero-order valence-corrected chi connectivity index (χ0v) is 15.9. The van der Waals surface area contributed by atoms with Crippen molar-refractivity contribution in [2.75, 3.05) is 12.9 Å². The van der Waals surface area contributed by atoms with Crippen molar-refractivity contribution in [1.82, 2.24) is 0 Å². The smallest absolute Gasteiger partial charge is 0.339 e. The third-order valence-electron chi connectivity index (χ3n) is 4.05. The molecule has 1 aliphatic heterocycles. The minimum Gasteiger partial charge on any atom is -0.457 e. The van der Waals surface area contributed by atoms with Crippen LogP contribution in [0.1, 0.15) is 16.7 Å². The summed E-state index contributed by atoms with van der Waals surface area (Å²) in [6.07, 6.45) is 1.16. The van der Waals surface area contributed by atoms with Gasteiger partial charge in [-0.1, -0.05) is 40.2 Å². The summed E-state index contributed by atoms with van der Waals surface area (Å²) >= 11 is 3.46. The van der Waals surface area contributed by atoms with Gasteiger partial charge in [0.05, 0.1) is 10.5 Å². The first-order chi connectivity index (χ1) is 11.8. The maximum absolute atomic E-state index is 12.2. The van der Waals surface area contributed by atoms with Gasteiger partial charge in [-0.2, -0.15) is 0 Å². The maximum atomic E-state index is 12.2. The molecule has 0 radical (unpaired) electrons. The van der Waals surface area contributed by atoms with E-state index >= 15 is 0 Å². The van der Waals surface area contributed by atoms with Crippen LogP contribution in [0, 0.1) is 0 Å². The van der Waals surface area contributed by atoms with Gasteiger partial charge >= 0.3 is 5.97 Å². The lowest BCUT2D eigenvalue weighted by atomic mass is 9.96. The molecule has 0 aromatic heterocycles. The molecule has 0 fully saturated rings. The monoisotopic (exact) mass is 421 g/mol.